The molecule has 0 saturated carbocycles. The average Bonchev–Trinajstić information content (AvgIpc) is 2.64. The fraction of sp³-hybridized carbons (Fsp3) is 0.167. The highest BCUT2D eigenvalue weighted by Gasteiger charge is 2.08. The lowest BCUT2D eigenvalue weighted by Crippen LogP contribution is -2.43. The zero-order valence-electron chi connectivity index (χ0n) is 14.1. The molecule has 3 amide bonds. The molecule has 0 aliphatic rings. The molecule has 0 aromatic heterocycles. The van der Waals surface area contributed by atoms with Crippen LogP contribution in [0, 0.1) is 5.82 Å². The smallest absolute Gasteiger partial charge is 0.248 e. The van der Waals surface area contributed by atoms with Crippen LogP contribution in [0.1, 0.15) is 5.56 Å². The number of thioether (sulfide) groups is 1. The van der Waals surface area contributed by atoms with Gasteiger partial charge in [0, 0.05) is 10.7 Å². The van der Waals surface area contributed by atoms with Crippen LogP contribution in [-0.4, -0.2) is 29.2 Å². The summed E-state index contributed by atoms with van der Waals surface area (Å²) in [7, 11) is 0. The Morgan fingerprint density at radius 2 is 1.44 bits per heavy atom. The summed E-state index contributed by atoms with van der Waals surface area (Å²) >= 11 is 6.85. The highest BCUT2D eigenvalue weighted by Crippen LogP contribution is 2.10. The molecule has 0 unspecified atom stereocenters. The second-order valence-corrected chi connectivity index (χ2v) is 6.87. The third-order valence-electron chi connectivity index (χ3n) is 3.21. The fourth-order valence-electron chi connectivity index (χ4n) is 1.97. The summed E-state index contributed by atoms with van der Waals surface area (Å²) in [5.41, 5.74) is 5.83. The SMILES string of the molecule is O=C(CSCC(=O)Nc1ccc(F)cc1)NNC(=O)Cc1ccc(Cl)cc1. The predicted octanol–water partition coefficient (Wildman–Crippen LogP) is 2.54. The van der Waals surface area contributed by atoms with Gasteiger partial charge in [0.2, 0.25) is 17.7 Å². The maximum absolute atomic E-state index is 12.8. The van der Waals surface area contributed by atoms with Crippen LogP contribution in [-0.2, 0) is 20.8 Å². The maximum Gasteiger partial charge on any atom is 0.248 e. The average molecular weight is 410 g/mol. The third kappa shape index (κ3) is 8.10. The van der Waals surface area contributed by atoms with E-state index in [0.717, 1.165) is 17.3 Å². The summed E-state index contributed by atoms with van der Waals surface area (Å²) in [6, 6.07) is 12.2. The van der Waals surface area contributed by atoms with Crippen LogP contribution in [0.5, 0.6) is 0 Å². The van der Waals surface area contributed by atoms with Crippen LogP contribution >= 0.6 is 23.4 Å². The number of carbonyl (C=O) groups is 3. The van der Waals surface area contributed by atoms with E-state index in [9.17, 15) is 18.8 Å². The van der Waals surface area contributed by atoms with Crippen LogP contribution in [0.25, 0.3) is 0 Å². The van der Waals surface area contributed by atoms with Gasteiger partial charge >= 0.3 is 0 Å². The van der Waals surface area contributed by atoms with E-state index in [2.05, 4.69) is 16.2 Å². The number of hydrogen-bond acceptors (Lipinski definition) is 4. The van der Waals surface area contributed by atoms with Gasteiger partial charge in [-0.3, -0.25) is 25.2 Å². The summed E-state index contributed by atoms with van der Waals surface area (Å²) in [5.74, 6) is -1.46. The lowest BCUT2D eigenvalue weighted by Gasteiger charge is -2.08. The minimum atomic E-state index is -0.431. The molecule has 2 aromatic rings. The minimum absolute atomic E-state index is 0.00192. The summed E-state index contributed by atoms with van der Waals surface area (Å²) in [4.78, 5) is 35.2. The van der Waals surface area contributed by atoms with Crippen molar-refractivity contribution in [3.05, 3.63) is 64.9 Å². The van der Waals surface area contributed by atoms with Gasteiger partial charge < -0.3 is 5.32 Å². The minimum Gasteiger partial charge on any atom is -0.325 e. The van der Waals surface area contributed by atoms with Gasteiger partial charge in [-0.15, -0.1) is 11.8 Å². The van der Waals surface area contributed by atoms with Gasteiger partial charge in [-0.25, -0.2) is 4.39 Å². The van der Waals surface area contributed by atoms with E-state index in [1.54, 1.807) is 24.3 Å². The number of anilines is 1. The lowest BCUT2D eigenvalue weighted by molar-refractivity contribution is -0.127. The largest absolute Gasteiger partial charge is 0.325 e. The number of halogens is 2. The normalized spacial score (nSPS) is 10.1. The van der Waals surface area contributed by atoms with Gasteiger partial charge in [0.05, 0.1) is 17.9 Å². The Hall–Kier alpha value is -2.58. The molecular formula is C18H17ClFN3O3S. The molecule has 0 fully saturated rings. The summed E-state index contributed by atoms with van der Waals surface area (Å²) in [5, 5.41) is 3.16. The predicted molar refractivity (Wildman–Crippen MR) is 104 cm³/mol. The quantitative estimate of drug-likeness (QED) is 0.613. The van der Waals surface area contributed by atoms with E-state index >= 15 is 0 Å². The molecule has 0 bridgehead atoms. The molecule has 0 radical (unpaired) electrons. The van der Waals surface area contributed by atoms with E-state index in [0.29, 0.717) is 10.7 Å². The Morgan fingerprint density at radius 3 is 2.11 bits per heavy atom. The van der Waals surface area contributed by atoms with Crippen molar-refractivity contribution in [2.75, 3.05) is 16.8 Å². The molecule has 6 nitrogen and oxygen atoms in total. The second kappa shape index (κ2) is 10.5. The first-order valence-electron chi connectivity index (χ1n) is 7.87. The van der Waals surface area contributed by atoms with Gasteiger partial charge in [0.1, 0.15) is 5.82 Å². The Morgan fingerprint density at radius 1 is 0.852 bits per heavy atom. The number of amides is 3. The van der Waals surface area contributed by atoms with E-state index in [-0.39, 0.29) is 29.7 Å². The van der Waals surface area contributed by atoms with Crippen molar-refractivity contribution in [3.8, 4) is 0 Å². The fourth-order valence-corrected chi connectivity index (χ4v) is 2.72. The van der Waals surface area contributed by atoms with E-state index in [4.69, 9.17) is 11.6 Å². The zero-order valence-corrected chi connectivity index (χ0v) is 15.7. The van der Waals surface area contributed by atoms with Gasteiger partial charge in [-0.05, 0) is 42.0 Å². The monoisotopic (exact) mass is 409 g/mol. The van der Waals surface area contributed by atoms with Crippen LogP contribution in [0.2, 0.25) is 5.02 Å². The Labute approximate surface area is 164 Å². The van der Waals surface area contributed by atoms with E-state index in [1.807, 2.05) is 0 Å². The van der Waals surface area contributed by atoms with Crippen molar-refractivity contribution < 1.29 is 18.8 Å². The van der Waals surface area contributed by atoms with Crippen LogP contribution in [0.15, 0.2) is 48.5 Å². The number of benzene rings is 2. The first-order valence-corrected chi connectivity index (χ1v) is 9.41. The number of nitrogens with one attached hydrogen (secondary N) is 3. The maximum atomic E-state index is 12.8. The third-order valence-corrected chi connectivity index (χ3v) is 4.40. The number of hydrazine groups is 1. The highest BCUT2D eigenvalue weighted by molar-refractivity contribution is 8.00. The Kier molecular flexibility index (Phi) is 8.09. The molecule has 3 N–H and O–H groups in total. The molecule has 0 spiro atoms. The number of carbonyl (C=O) groups excluding carboxylic acids is 3. The molecule has 0 aliphatic heterocycles. The van der Waals surface area contributed by atoms with Gasteiger partial charge in [0.25, 0.3) is 0 Å². The van der Waals surface area contributed by atoms with Crippen molar-refractivity contribution in [1.82, 2.24) is 10.9 Å². The second-order valence-electron chi connectivity index (χ2n) is 5.45. The Bertz CT molecular complexity index is 801. The van der Waals surface area contributed by atoms with E-state index in [1.165, 1.54) is 24.3 Å². The molecule has 142 valence electrons. The van der Waals surface area contributed by atoms with Crippen LogP contribution in [0.3, 0.4) is 0 Å². The standard InChI is InChI=1S/C18H17ClFN3O3S/c19-13-3-1-12(2-4-13)9-16(24)22-23-18(26)11-27-10-17(25)21-15-7-5-14(20)6-8-15/h1-8H,9-11H2,(H,21,25)(H,22,24)(H,23,26). The van der Waals surface area contributed by atoms with Crippen LogP contribution in [0.4, 0.5) is 10.1 Å². The van der Waals surface area contributed by atoms with Gasteiger partial charge in [0.15, 0.2) is 0 Å². The highest BCUT2D eigenvalue weighted by atomic mass is 35.5. The van der Waals surface area contributed by atoms with Crippen molar-refractivity contribution >= 4 is 46.8 Å². The van der Waals surface area contributed by atoms with Gasteiger partial charge in [-0.2, -0.15) is 0 Å². The topological polar surface area (TPSA) is 87.3 Å². The van der Waals surface area contributed by atoms with Crippen molar-refractivity contribution in [2.45, 2.75) is 6.42 Å². The molecule has 0 aliphatic carbocycles. The number of hydrogen-bond donors (Lipinski definition) is 3. The van der Waals surface area contributed by atoms with Crippen LogP contribution < -0.4 is 16.2 Å². The van der Waals surface area contributed by atoms with E-state index < -0.39 is 11.7 Å². The summed E-state index contributed by atoms with van der Waals surface area (Å²) < 4.78 is 12.8. The molecular weight excluding hydrogens is 393 g/mol. The first-order chi connectivity index (χ1) is 12.9. The zero-order chi connectivity index (χ0) is 19.6. The first kappa shape index (κ1) is 20.7. The van der Waals surface area contributed by atoms with Crippen molar-refractivity contribution in [3.63, 3.8) is 0 Å². The number of rotatable bonds is 7. The molecule has 27 heavy (non-hydrogen) atoms. The summed E-state index contributed by atoms with van der Waals surface area (Å²) in [6.07, 6.45) is 0.102. The molecule has 2 aromatic carbocycles. The van der Waals surface area contributed by atoms with Gasteiger partial charge in [-0.1, -0.05) is 23.7 Å². The molecule has 9 heteroatoms. The van der Waals surface area contributed by atoms with Crippen molar-refractivity contribution in [1.29, 1.82) is 0 Å². The Balaban J connectivity index is 1.61. The molecule has 0 atom stereocenters. The van der Waals surface area contributed by atoms with Crippen molar-refractivity contribution in [2.24, 2.45) is 0 Å². The molecule has 0 saturated heterocycles. The molecule has 0 heterocycles. The lowest BCUT2D eigenvalue weighted by atomic mass is 10.1. The molecule has 2 rings (SSSR count). The summed E-state index contributed by atoms with van der Waals surface area (Å²) in [6.45, 7) is 0.